The number of nitrogens with one attached hydrogen (secondary N) is 4. The maximum absolute atomic E-state index is 13.2. The standard InChI is InChI=1S/C23H25ClFN5O3/c1-13(20(26)23(33)28-12-17-3-2-10-27-17)21(31)29-15-5-7-16(8-6-15)30-22(32)18-9-4-14(25)11-19(18)24/h4-9,11,17,27H,2-3,10,12,26H2,1H3,(H,28,33)(H,29,31)(H,30,32)/b20-13+. The van der Waals surface area contributed by atoms with Gasteiger partial charge in [-0.05, 0) is 68.8 Å². The number of benzene rings is 2. The number of carbonyl (C=O) groups is 3. The zero-order chi connectivity index (χ0) is 24.0. The summed E-state index contributed by atoms with van der Waals surface area (Å²) in [6.45, 7) is 2.85. The Bertz CT molecular complexity index is 1080. The van der Waals surface area contributed by atoms with Gasteiger partial charge in [-0.3, -0.25) is 14.4 Å². The highest BCUT2D eigenvalue weighted by molar-refractivity contribution is 6.34. The molecule has 6 N–H and O–H groups in total. The molecule has 1 fully saturated rings. The van der Waals surface area contributed by atoms with Crippen LogP contribution in [0.25, 0.3) is 0 Å². The molecule has 3 amide bonds. The molecular weight excluding hydrogens is 449 g/mol. The van der Waals surface area contributed by atoms with E-state index in [9.17, 15) is 18.8 Å². The Morgan fingerprint density at radius 2 is 1.76 bits per heavy atom. The van der Waals surface area contributed by atoms with Crippen molar-refractivity contribution in [2.45, 2.75) is 25.8 Å². The normalized spacial score (nSPS) is 16.0. The summed E-state index contributed by atoms with van der Waals surface area (Å²) in [5, 5.41) is 11.3. The molecule has 0 spiro atoms. The first-order valence-electron chi connectivity index (χ1n) is 10.4. The number of halogens is 2. The number of carbonyl (C=O) groups excluding carboxylic acids is 3. The molecule has 1 aliphatic rings. The molecule has 0 saturated carbocycles. The highest BCUT2D eigenvalue weighted by Gasteiger charge is 2.18. The Kier molecular flexibility index (Phi) is 8.02. The van der Waals surface area contributed by atoms with Gasteiger partial charge in [-0.25, -0.2) is 4.39 Å². The second kappa shape index (κ2) is 10.9. The van der Waals surface area contributed by atoms with Gasteiger partial charge in [0.05, 0.1) is 10.6 Å². The van der Waals surface area contributed by atoms with Crippen LogP contribution in [0.4, 0.5) is 15.8 Å². The van der Waals surface area contributed by atoms with Gasteiger partial charge >= 0.3 is 0 Å². The van der Waals surface area contributed by atoms with Crippen molar-refractivity contribution >= 4 is 40.7 Å². The number of rotatable bonds is 7. The van der Waals surface area contributed by atoms with Crippen molar-refractivity contribution in [3.63, 3.8) is 0 Å². The number of amides is 3. The van der Waals surface area contributed by atoms with Crippen molar-refractivity contribution in [3.8, 4) is 0 Å². The summed E-state index contributed by atoms with van der Waals surface area (Å²) < 4.78 is 13.2. The Balaban J connectivity index is 1.56. The summed E-state index contributed by atoms with van der Waals surface area (Å²) in [4.78, 5) is 37.0. The summed E-state index contributed by atoms with van der Waals surface area (Å²) in [6.07, 6.45) is 2.05. The van der Waals surface area contributed by atoms with E-state index in [2.05, 4.69) is 21.3 Å². The first-order chi connectivity index (χ1) is 15.7. The first-order valence-corrected chi connectivity index (χ1v) is 10.8. The van der Waals surface area contributed by atoms with Crippen LogP contribution in [0.3, 0.4) is 0 Å². The summed E-state index contributed by atoms with van der Waals surface area (Å²) in [5.41, 5.74) is 6.83. The van der Waals surface area contributed by atoms with E-state index in [-0.39, 0.29) is 27.9 Å². The van der Waals surface area contributed by atoms with Gasteiger partial charge in [0, 0.05) is 29.5 Å². The molecule has 1 aliphatic heterocycles. The zero-order valence-electron chi connectivity index (χ0n) is 18.0. The van der Waals surface area contributed by atoms with E-state index in [4.69, 9.17) is 17.3 Å². The van der Waals surface area contributed by atoms with E-state index >= 15 is 0 Å². The largest absolute Gasteiger partial charge is 0.394 e. The fraction of sp³-hybridized carbons (Fsp3) is 0.261. The van der Waals surface area contributed by atoms with Gasteiger partial charge in [-0.1, -0.05) is 11.6 Å². The van der Waals surface area contributed by atoms with Gasteiger partial charge in [-0.2, -0.15) is 0 Å². The number of anilines is 2. The predicted molar refractivity (Wildman–Crippen MR) is 125 cm³/mol. The maximum atomic E-state index is 13.2. The molecule has 1 heterocycles. The SMILES string of the molecule is C/C(C(=O)Nc1ccc(NC(=O)c2ccc(F)cc2Cl)cc1)=C(\N)C(=O)NCC1CCCN1. The van der Waals surface area contributed by atoms with Crippen molar-refractivity contribution in [3.05, 3.63) is 70.1 Å². The third kappa shape index (κ3) is 6.53. The second-order valence-corrected chi connectivity index (χ2v) is 8.06. The molecular formula is C23H25ClFN5O3. The van der Waals surface area contributed by atoms with Crippen LogP contribution in [-0.4, -0.2) is 36.9 Å². The number of hydrogen-bond donors (Lipinski definition) is 5. The first kappa shape index (κ1) is 24.2. The van der Waals surface area contributed by atoms with E-state index in [1.165, 1.54) is 13.0 Å². The molecule has 10 heteroatoms. The molecule has 174 valence electrons. The van der Waals surface area contributed by atoms with E-state index < -0.39 is 23.5 Å². The third-order valence-electron chi connectivity index (χ3n) is 5.24. The van der Waals surface area contributed by atoms with Gasteiger partial charge in [-0.15, -0.1) is 0 Å². The molecule has 3 rings (SSSR count). The molecule has 1 atom stereocenters. The van der Waals surface area contributed by atoms with E-state index in [0.717, 1.165) is 31.5 Å². The van der Waals surface area contributed by atoms with Crippen LogP contribution in [0.15, 0.2) is 53.7 Å². The molecule has 0 aliphatic carbocycles. The van der Waals surface area contributed by atoms with Crippen LogP contribution >= 0.6 is 11.6 Å². The molecule has 33 heavy (non-hydrogen) atoms. The lowest BCUT2D eigenvalue weighted by molar-refractivity contribution is -0.118. The van der Waals surface area contributed by atoms with Crippen LogP contribution in [0.5, 0.6) is 0 Å². The lowest BCUT2D eigenvalue weighted by Gasteiger charge is -2.13. The summed E-state index contributed by atoms with van der Waals surface area (Å²) in [6, 6.07) is 10.0. The van der Waals surface area contributed by atoms with Crippen LogP contribution in [-0.2, 0) is 9.59 Å². The summed E-state index contributed by atoms with van der Waals surface area (Å²) >= 11 is 5.91. The zero-order valence-corrected chi connectivity index (χ0v) is 18.8. The molecule has 2 aromatic carbocycles. The van der Waals surface area contributed by atoms with Crippen LogP contribution < -0.4 is 27.0 Å². The lowest BCUT2D eigenvalue weighted by Crippen LogP contribution is -2.39. The average Bonchev–Trinajstić information content (AvgIpc) is 3.31. The van der Waals surface area contributed by atoms with Crippen molar-refractivity contribution in [2.24, 2.45) is 5.73 Å². The van der Waals surface area contributed by atoms with Crippen LogP contribution in [0.1, 0.15) is 30.1 Å². The molecule has 0 bridgehead atoms. The minimum atomic E-state index is -0.537. The summed E-state index contributed by atoms with van der Waals surface area (Å²) in [5.74, 6) is -2.04. The lowest BCUT2D eigenvalue weighted by atomic mass is 10.1. The van der Waals surface area contributed by atoms with Crippen LogP contribution in [0, 0.1) is 5.82 Å². The van der Waals surface area contributed by atoms with Crippen LogP contribution in [0.2, 0.25) is 5.02 Å². The van der Waals surface area contributed by atoms with E-state index in [1.54, 1.807) is 24.3 Å². The average molecular weight is 474 g/mol. The Morgan fingerprint density at radius 1 is 1.09 bits per heavy atom. The quantitative estimate of drug-likeness (QED) is 0.395. The van der Waals surface area contributed by atoms with Crippen molar-refractivity contribution in [2.75, 3.05) is 23.7 Å². The van der Waals surface area contributed by atoms with Gasteiger partial charge < -0.3 is 27.0 Å². The highest BCUT2D eigenvalue weighted by atomic mass is 35.5. The highest BCUT2D eigenvalue weighted by Crippen LogP contribution is 2.20. The van der Waals surface area contributed by atoms with E-state index in [1.807, 2.05) is 0 Å². The predicted octanol–water partition coefficient (Wildman–Crippen LogP) is 2.77. The van der Waals surface area contributed by atoms with Crippen molar-refractivity contribution in [1.29, 1.82) is 0 Å². The monoisotopic (exact) mass is 473 g/mol. The molecule has 0 aromatic heterocycles. The Labute approximate surface area is 195 Å². The van der Waals surface area contributed by atoms with E-state index in [0.29, 0.717) is 17.9 Å². The van der Waals surface area contributed by atoms with Gasteiger partial charge in [0.15, 0.2) is 0 Å². The second-order valence-electron chi connectivity index (χ2n) is 7.65. The molecule has 0 radical (unpaired) electrons. The molecule has 1 unspecified atom stereocenters. The topological polar surface area (TPSA) is 125 Å². The van der Waals surface area contributed by atoms with Crippen molar-refractivity contribution < 1.29 is 18.8 Å². The minimum absolute atomic E-state index is 0.000207. The Morgan fingerprint density at radius 3 is 2.36 bits per heavy atom. The molecule has 1 saturated heterocycles. The smallest absolute Gasteiger partial charge is 0.267 e. The summed E-state index contributed by atoms with van der Waals surface area (Å²) in [7, 11) is 0. The van der Waals surface area contributed by atoms with Gasteiger partial charge in [0.1, 0.15) is 11.5 Å². The minimum Gasteiger partial charge on any atom is -0.394 e. The number of nitrogens with two attached hydrogens (primary N) is 1. The molecule has 2 aromatic rings. The van der Waals surface area contributed by atoms with Gasteiger partial charge in [0.25, 0.3) is 17.7 Å². The maximum Gasteiger partial charge on any atom is 0.267 e. The third-order valence-corrected chi connectivity index (χ3v) is 5.55. The van der Waals surface area contributed by atoms with Gasteiger partial charge in [0.2, 0.25) is 0 Å². The Hall–Kier alpha value is -3.43. The fourth-order valence-corrected chi connectivity index (χ4v) is 3.52. The fourth-order valence-electron chi connectivity index (χ4n) is 3.27. The molecule has 8 nitrogen and oxygen atoms in total. The van der Waals surface area contributed by atoms with Crippen molar-refractivity contribution in [1.82, 2.24) is 10.6 Å². The number of hydrogen-bond acceptors (Lipinski definition) is 5.